The molecule has 0 unspecified atom stereocenters. The molecular formula is C18H16N4O4S2. The number of nitrogens with one attached hydrogen (secondary N) is 1. The van der Waals surface area contributed by atoms with E-state index < -0.39 is 15.9 Å². The average Bonchev–Trinajstić information content (AvgIpc) is 3.28. The van der Waals surface area contributed by atoms with Crippen molar-refractivity contribution in [1.82, 2.24) is 9.71 Å². The molecule has 2 heterocycles. The molecule has 0 fully saturated rings. The summed E-state index contributed by atoms with van der Waals surface area (Å²) in [6.45, 7) is 2.04. The van der Waals surface area contributed by atoms with Gasteiger partial charge in [0, 0.05) is 10.6 Å². The third-order valence-electron chi connectivity index (χ3n) is 3.71. The topological polar surface area (TPSA) is 116 Å². The van der Waals surface area contributed by atoms with Crippen LogP contribution in [0, 0.1) is 18.3 Å². The van der Waals surface area contributed by atoms with Gasteiger partial charge in [0.05, 0.1) is 30.7 Å². The van der Waals surface area contributed by atoms with E-state index in [4.69, 9.17) is 9.68 Å². The first-order valence-corrected chi connectivity index (χ1v) is 10.8. The first kappa shape index (κ1) is 19.6. The molecule has 0 bridgehead atoms. The van der Waals surface area contributed by atoms with Crippen LogP contribution < -0.4 is 9.62 Å². The monoisotopic (exact) mass is 416 g/mol. The number of rotatable bonds is 6. The first-order chi connectivity index (χ1) is 13.3. The lowest BCUT2D eigenvalue weighted by Crippen LogP contribution is -2.30. The summed E-state index contributed by atoms with van der Waals surface area (Å²) in [6, 6.07) is 12.6. The zero-order valence-corrected chi connectivity index (χ0v) is 16.7. The number of nitrogens with zero attached hydrogens (tertiary/aromatic N) is 3. The van der Waals surface area contributed by atoms with Crippen LogP contribution in [0.5, 0.6) is 0 Å². The summed E-state index contributed by atoms with van der Waals surface area (Å²) in [5.41, 5.74) is 1.31. The molecule has 3 aromatic rings. The smallest absolute Gasteiger partial charge is 0.284 e. The number of anilines is 2. The Balaban J connectivity index is 1.99. The maximum absolute atomic E-state index is 12.2. The summed E-state index contributed by atoms with van der Waals surface area (Å²) in [4.78, 5) is 19.0. The molecule has 2 aromatic heterocycles. The van der Waals surface area contributed by atoms with Gasteiger partial charge in [-0.05, 0) is 43.3 Å². The molecule has 0 saturated carbocycles. The maximum atomic E-state index is 12.2. The molecule has 28 heavy (non-hydrogen) atoms. The highest BCUT2D eigenvalue weighted by Crippen LogP contribution is 2.33. The SMILES string of the molecule is Cc1sc(N(Cc2ccco2)c2ccc(C#N)cc2)nc1C(=O)NS(C)(=O)=O. The van der Waals surface area contributed by atoms with Crippen molar-refractivity contribution in [2.75, 3.05) is 11.2 Å². The van der Waals surface area contributed by atoms with E-state index in [0.717, 1.165) is 11.9 Å². The van der Waals surface area contributed by atoms with Gasteiger partial charge >= 0.3 is 0 Å². The van der Waals surface area contributed by atoms with Crippen molar-refractivity contribution in [3.8, 4) is 6.07 Å². The first-order valence-electron chi connectivity index (χ1n) is 8.06. The van der Waals surface area contributed by atoms with Crippen molar-refractivity contribution in [2.45, 2.75) is 13.5 Å². The van der Waals surface area contributed by atoms with E-state index in [1.807, 2.05) is 15.7 Å². The number of hydrogen-bond donors (Lipinski definition) is 1. The van der Waals surface area contributed by atoms with Gasteiger partial charge in [-0.3, -0.25) is 4.79 Å². The van der Waals surface area contributed by atoms with Gasteiger partial charge in [0.25, 0.3) is 5.91 Å². The van der Waals surface area contributed by atoms with Crippen LogP contribution in [-0.2, 0) is 16.6 Å². The molecule has 8 nitrogen and oxygen atoms in total. The molecule has 3 rings (SSSR count). The second-order valence-electron chi connectivity index (χ2n) is 5.93. The highest BCUT2D eigenvalue weighted by molar-refractivity contribution is 7.89. The van der Waals surface area contributed by atoms with Crippen LogP contribution in [0.2, 0.25) is 0 Å². The van der Waals surface area contributed by atoms with E-state index in [9.17, 15) is 13.2 Å². The molecule has 10 heteroatoms. The van der Waals surface area contributed by atoms with Crippen LogP contribution in [0.3, 0.4) is 0 Å². The molecule has 0 radical (unpaired) electrons. The van der Waals surface area contributed by atoms with Crippen LogP contribution in [0.1, 0.15) is 26.7 Å². The Morgan fingerprint density at radius 2 is 2.04 bits per heavy atom. The van der Waals surface area contributed by atoms with E-state index in [-0.39, 0.29) is 5.69 Å². The minimum Gasteiger partial charge on any atom is -0.467 e. The number of nitriles is 1. The number of hydrogen-bond acceptors (Lipinski definition) is 8. The fourth-order valence-corrected chi connectivity index (χ4v) is 3.83. The lowest BCUT2D eigenvalue weighted by atomic mass is 10.2. The summed E-state index contributed by atoms with van der Waals surface area (Å²) in [5.74, 6) is -0.0976. The van der Waals surface area contributed by atoms with Gasteiger partial charge in [0.1, 0.15) is 11.5 Å². The van der Waals surface area contributed by atoms with E-state index >= 15 is 0 Å². The van der Waals surface area contributed by atoms with Crippen LogP contribution in [0.15, 0.2) is 47.1 Å². The normalized spacial score (nSPS) is 11.0. The number of furan rings is 1. The van der Waals surface area contributed by atoms with Crippen LogP contribution in [0.25, 0.3) is 0 Å². The van der Waals surface area contributed by atoms with Crippen molar-refractivity contribution in [2.24, 2.45) is 0 Å². The predicted molar refractivity (Wildman–Crippen MR) is 105 cm³/mol. The highest BCUT2D eigenvalue weighted by Gasteiger charge is 2.22. The molecule has 1 aromatic carbocycles. The number of sulfonamides is 1. The quantitative estimate of drug-likeness (QED) is 0.656. The summed E-state index contributed by atoms with van der Waals surface area (Å²) in [6.07, 6.45) is 2.47. The number of benzene rings is 1. The Morgan fingerprint density at radius 1 is 1.32 bits per heavy atom. The van der Waals surface area contributed by atoms with Crippen LogP contribution in [-0.4, -0.2) is 25.6 Å². The lowest BCUT2D eigenvalue weighted by Gasteiger charge is -2.21. The van der Waals surface area contributed by atoms with Crippen molar-refractivity contribution < 1.29 is 17.6 Å². The molecule has 0 aliphatic carbocycles. The zero-order valence-electron chi connectivity index (χ0n) is 15.0. The molecule has 0 aliphatic rings. The summed E-state index contributed by atoms with van der Waals surface area (Å²) >= 11 is 1.26. The fourth-order valence-electron chi connectivity index (χ4n) is 2.47. The van der Waals surface area contributed by atoms with Gasteiger partial charge in [-0.2, -0.15) is 5.26 Å². The van der Waals surface area contributed by atoms with Gasteiger partial charge < -0.3 is 9.32 Å². The van der Waals surface area contributed by atoms with Gasteiger partial charge in [0.2, 0.25) is 10.0 Å². The molecule has 0 aliphatic heterocycles. The third-order valence-corrected chi connectivity index (χ3v) is 5.26. The Kier molecular flexibility index (Phi) is 5.48. The standard InChI is InChI=1S/C18H16N4O4S2/c1-12-16(17(23)21-28(2,24)25)20-18(27-12)22(11-15-4-3-9-26-15)14-7-5-13(10-19)6-8-14/h3-9H,11H2,1-2H3,(H,21,23). The average molecular weight is 416 g/mol. The van der Waals surface area contributed by atoms with Crippen LogP contribution in [0.4, 0.5) is 10.8 Å². The number of aromatic nitrogens is 1. The number of thiazole rings is 1. The van der Waals surface area contributed by atoms with E-state index in [1.54, 1.807) is 43.5 Å². The Hall–Kier alpha value is -3.16. The number of amides is 1. The van der Waals surface area contributed by atoms with Crippen LogP contribution >= 0.6 is 11.3 Å². The number of aryl methyl sites for hydroxylation is 1. The molecular weight excluding hydrogens is 400 g/mol. The fraction of sp³-hybridized carbons (Fsp3) is 0.167. The third kappa shape index (κ3) is 4.57. The molecule has 144 valence electrons. The van der Waals surface area contributed by atoms with Crippen molar-refractivity contribution >= 4 is 38.1 Å². The van der Waals surface area contributed by atoms with E-state index in [2.05, 4.69) is 11.1 Å². The van der Waals surface area contributed by atoms with Crippen molar-refractivity contribution in [3.05, 3.63) is 64.6 Å². The minimum atomic E-state index is -3.69. The molecule has 0 atom stereocenters. The molecule has 0 spiro atoms. The second kappa shape index (κ2) is 7.84. The number of carbonyl (C=O) groups excluding carboxylic acids is 1. The van der Waals surface area contributed by atoms with E-state index in [1.165, 1.54) is 11.3 Å². The van der Waals surface area contributed by atoms with Gasteiger partial charge in [-0.25, -0.2) is 18.1 Å². The minimum absolute atomic E-state index is 0.0449. The molecule has 1 amide bonds. The van der Waals surface area contributed by atoms with Crippen molar-refractivity contribution in [3.63, 3.8) is 0 Å². The zero-order chi connectivity index (χ0) is 20.3. The highest BCUT2D eigenvalue weighted by atomic mass is 32.2. The second-order valence-corrected chi connectivity index (χ2v) is 8.86. The summed E-state index contributed by atoms with van der Waals surface area (Å²) in [7, 11) is -3.69. The maximum Gasteiger partial charge on any atom is 0.284 e. The molecule has 0 saturated heterocycles. The van der Waals surface area contributed by atoms with Crippen molar-refractivity contribution in [1.29, 1.82) is 5.26 Å². The summed E-state index contributed by atoms with van der Waals surface area (Å²) < 4.78 is 30.1. The lowest BCUT2D eigenvalue weighted by molar-refractivity contribution is 0.0977. The van der Waals surface area contributed by atoms with E-state index in [0.29, 0.717) is 27.9 Å². The predicted octanol–water partition coefficient (Wildman–Crippen LogP) is 2.94. The Morgan fingerprint density at radius 3 is 2.61 bits per heavy atom. The summed E-state index contributed by atoms with van der Waals surface area (Å²) in [5, 5.41) is 9.50. The number of carbonyl (C=O) groups is 1. The largest absolute Gasteiger partial charge is 0.467 e. The Labute approximate surface area is 166 Å². The Bertz CT molecular complexity index is 1130. The molecule has 1 N–H and O–H groups in total. The van der Waals surface area contributed by atoms with Gasteiger partial charge in [-0.15, -0.1) is 11.3 Å². The van der Waals surface area contributed by atoms with Gasteiger partial charge in [-0.1, -0.05) is 0 Å². The van der Waals surface area contributed by atoms with Gasteiger partial charge in [0.15, 0.2) is 5.13 Å².